The minimum absolute atomic E-state index is 0.246. The second-order valence-electron chi connectivity index (χ2n) is 6.37. The number of hydrogen-bond acceptors (Lipinski definition) is 5. The van der Waals surface area contributed by atoms with Crippen LogP contribution >= 0.6 is 11.3 Å². The molecule has 0 spiro atoms. The third-order valence-corrected chi connectivity index (χ3v) is 5.63. The van der Waals surface area contributed by atoms with Gasteiger partial charge in [-0.2, -0.15) is 0 Å². The lowest BCUT2D eigenvalue weighted by Crippen LogP contribution is -2.42. The Morgan fingerprint density at radius 3 is 2.63 bits per heavy atom. The summed E-state index contributed by atoms with van der Waals surface area (Å²) >= 11 is 1.32. The van der Waals surface area contributed by atoms with Gasteiger partial charge in [0.1, 0.15) is 16.6 Å². The van der Waals surface area contributed by atoms with Crippen LogP contribution in [0.2, 0.25) is 0 Å². The number of benzene rings is 1. The van der Waals surface area contributed by atoms with Gasteiger partial charge >= 0.3 is 5.69 Å². The highest BCUT2D eigenvalue weighted by molar-refractivity contribution is 7.19. The zero-order valence-electron chi connectivity index (χ0n) is 15.6. The molecule has 3 N–H and O–H groups in total. The van der Waals surface area contributed by atoms with E-state index in [1.165, 1.54) is 11.3 Å². The minimum Gasteiger partial charge on any atom is -0.496 e. The van der Waals surface area contributed by atoms with Crippen LogP contribution in [0.4, 0.5) is 0 Å². The Hall–Kier alpha value is -2.87. The lowest BCUT2D eigenvalue weighted by molar-refractivity contribution is -0.121. The van der Waals surface area contributed by atoms with E-state index in [1.54, 1.807) is 14.0 Å². The minimum atomic E-state index is -1.00. The highest BCUT2D eigenvalue weighted by Gasteiger charge is 2.25. The molecule has 2 heterocycles. The Morgan fingerprint density at radius 2 is 2.04 bits per heavy atom. The number of aryl methyl sites for hydroxylation is 2. The summed E-state index contributed by atoms with van der Waals surface area (Å²) in [5, 5.41) is 0.362. The molecular formula is C19H21N3O4S. The van der Waals surface area contributed by atoms with Gasteiger partial charge in [-0.05, 0) is 32.4 Å². The molecule has 0 fully saturated rings. The van der Waals surface area contributed by atoms with Crippen LogP contribution in [0.1, 0.15) is 29.8 Å². The first kappa shape index (κ1) is 18.9. The Balaban J connectivity index is 2.45. The highest BCUT2D eigenvalue weighted by Crippen LogP contribution is 2.40. The van der Waals surface area contributed by atoms with Gasteiger partial charge < -0.3 is 10.5 Å². The average Bonchev–Trinajstić information content (AvgIpc) is 2.93. The first-order valence-electron chi connectivity index (χ1n) is 8.52. The summed E-state index contributed by atoms with van der Waals surface area (Å²) in [5.74, 6) is -0.0893. The fourth-order valence-electron chi connectivity index (χ4n) is 3.34. The summed E-state index contributed by atoms with van der Waals surface area (Å²) in [7, 11) is 1.57. The van der Waals surface area contributed by atoms with Crippen molar-refractivity contribution >= 4 is 27.5 Å². The monoisotopic (exact) mass is 387 g/mol. The van der Waals surface area contributed by atoms with Crippen LogP contribution in [0, 0.1) is 13.8 Å². The van der Waals surface area contributed by atoms with Gasteiger partial charge in [-0.1, -0.05) is 18.6 Å². The molecule has 3 rings (SSSR count). The number of primary amides is 1. The number of carbonyl (C=O) groups is 1. The Labute approximate surface area is 159 Å². The fourth-order valence-corrected chi connectivity index (χ4v) is 4.39. The maximum Gasteiger partial charge on any atom is 0.330 e. The Morgan fingerprint density at radius 1 is 1.33 bits per heavy atom. The number of nitrogens with one attached hydrogen (secondary N) is 1. The molecule has 1 aromatic carbocycles. The van der Waals surface area contributed by atoms with E-state index in [4.69, 9.17) is 10.5 Å². The first-order valence-corrected chi connectivity index (χ1v) is 9.34. The van der Waals surface area contributed by atoms with Gasteiger partial charge in [0.25, 0.3) is 5.56 Å². The van der Waals surface area contributed by atoms with Crippen LogP contribution in [-0.2, 0) is 4.79 Å². The van der Waals surface area contributed by atoms with Crippen LogP contribution in [0.15, 0.2) is 27.8 Å². The molecule has 8 heteroatoms. The first-order chi connectivity index (χ1) is 12.8. The molecule has 0 aliphatic carbocycles. The van der Waals surface area contributed by atoms with Crippen LogP contribution < -0.4 is 21.7 Å². The summed E-state index contributed by atoms with van der Waals surface area (Å²) in [6.45, 7) is 5.54. The summed E-state index contributed by atoms with van der Waals surface area (Å²) in [6, 6.07) is 4.70. The van der Waals surface area contributed by atoms with Crippen molar-refractivity contribution in [1.82, 2.24) is 9.55 Å². The SMILES string of the molecule is CCC(C(N)=O)n1c(=O)[nH]c2sc(C)c(-c3cc(C)ccc3OC)c2c1=O. The third-order valence-electron chi connectivity index (χ3n) is 4.61. The fraction of sp³-hybridized carbons (Fsp3) is 0.316. The molecule has 1 amide bonds. The molecule has 0 bridgehead atoms. The van der Waals surface area contributed by atoms with Crippen molar-refractivity contribution in [1.29, 1.82) is 0 Å². The standard InChI is InChI=1S/C19H21N3O4S/c1-5-12(16(20)23)22-18(24)15-14(10(3)27-17(15)21-19(22)25)11-8-9(2)6-7-13(11)26-4/h6-8,12H,5H2,1-4H3,(H2,20,23)(H,21,25). The molecule has 2 aromatic heterocycles. The number of rotatable bonds is 5. The number of nitrogens with two attached hydrogens (primary N) is 1. The lowest BCUT2D eigenvalue weighted by atomic mass is 10.0. The number of H-pyrrole nitrogens is 1. The largest absolute Gasteiger partial charge is 0.496 e. The smallest absolute Gasteiger partial charge is 0.330 e. The zero-order valence-corrected chi connectivity index (χ0v) is 16.4. The maximum atomic E-state index is 13.2. The van der Waals surface area contributed by atoms with Gasteiger partial charge in [-0.15, -0.1) is 11.3 Å². The van der Waals surface area contributed by atoms with E-state index in [2.05, 4.69) is 4.98 Å². The van der Waals surface area contributed by atoms with Crippen LogP contribution in [-0.4, -0.2) is 22.6 Å². The van der Waals surface area contributed by atoms with E-state index < -0.39 is 23.2 Å². The number of aromatic amines is 1. The van der Waals surface area contributed by atoms with E-state index in [0.29, 0.717) is 21.5 Å². The number of carbonyl (C=O) groups excluding carboxylic acids is 1. The molecule has 142 valence electrons. The number of hydrogen-bond donors (Lipinski definition) is 2. The number of aromatic nitrogens is 2. The van der Waals surface area contributed by atoms with Crippen molar-refractivity contribution in [3.8, 4) is 16.9 Å². The highest BCUT2D eigenvalue weighted by atomic mass is 32.1. The van der Waals surface area contributed by atoms with E-state index in [1.807, 2.05) is 32.0 Å². The molecule has 0 saturated carbocycles. The molecule has 1 atom stereocenters. The summed E-state index contributed by atoms with van der Waals surface area (Å²) in [6.07, 6.45) is 0.246. The Kier molecular flexibility index (Phi) is 4.93. The second kappa shape index (κ2) is 7.03. The van der Waals surface area contributed by atoms with Gasteiger partial charge in [-0.25, -0.2) is 9.36 Å². The predicted octanol–water partition coefficient (Wildman–Crippen LogP) is 2.48. The van der Waals surface area contributed by atoms with Crippen molar-refractivity contribution < 1.29 is 9.53 Å². The molecule has 27 heavy (non-hydrogen) atoms. The van der Waals surface area contributed by atoms with Crippen molar-refractivity contribution in [3.05, 3.63) is 49.5 Å². The number of nitrogens with zero attached hydrogens (tertiary/aromatic N) is 1. The van der Waals surface area contributed by atoms with Crippen LogP contribution in [0.3, 0.4) is 0 Å². The summed E-state index contributed by atoms with van der Waals surface area (Å²) in [5.41, 5.74) is 6.73. The summed E-state index contributed by atoms with van der Waals surface area (Å²) < 4.78 is 6.40. The number of fused-ring (bicyclic) bond motifs is 1. The molecule has 0 aliphatic rings. The lowest BCUT2D eigenvalue weighted by Gasteiger charge is -2.14. The van der Waals surface area contributed by atoms with Crippen LogP contribution in [0.5, 0.6) is 5.75 Å². The van der Waals surface area contributed by atoms with Gasteiger partial charge in [-0.3, -0.25) is 14.6 Å². The molecule has 1 unspecified atom stereocenters. The van der Waals surface area contributed by atoms with E-state index in [-0.39, 0.29) is 6.42 Å². The topological polar surface area (TPSA) is 107 Å². The normalized spacial score (nSPS) is 12.3. The molecule has 3 aromatic rings. The number of thiophene rings is 1. The number of amides is 1. The third kappa shape index (κ3) is 3.06. The van der Waals surface area contributed by atoms with E-state index in [9.17, 15) is 14.4 Å². The van der Waals surface area contributed by atoms with Gasteiger partial charge in [0.05, 0.1) is 12.5 Å². The van der Waals surface area contributed by atoms with Crippen molar-refractivity contribution in [2.24, 2.45) is 5.73 Å². The van der Waals surface area contributed by atoms with Crippen LogP contribution in [0.25, 0.3) is 21.3 Å². The maximum absolute atomic E-state index is 13.2. The molecule has 0 radical (unpaired) electrons. The zero-order chi connectivity index (χ0) is 19.9. The van der Waals surface area contributed by atoms with Gasteiger partial charge in [0.2, 0.25) is 5.91 Å². The van der Waals surface area contributed by atoms with E-state index in [0.717, 1.165) is 20.6 Å². The summed E-state index contributed by atoms with van der Waals surface area (Å²) in [4.78, 5) is 41.6. The Bertz CT molecular complexity index is 1160. The van der Waals surface area contributed by atoms with Gasteiger partial charge in [0.15, 0.2) is 0 Å². The van der Waals surface area contributed by atoms with E-state index >= 15 is 0 Å². The second-order valence-corrected chi connectivity index (χ2v) is 7.60. The molecule has 0 saturated heterocycles. The molecule has 7 nitrogen and oxygen atoms in total. The molecular weight excluding hydrogens is 366 g/mol. The predicted molar refractivity (Wildman–Crippen MR) is 107 cm³/mol. The van der Waals surface area contributed by atoms with Gasteiger partial charge in [0, 0.05) is 16.0 Å². The average molecular weight is 387 g/mol. The number of methoxy groups -OCH3 is 1. The van der Waals surface area contributed by atoms with Crippen molar-refractivity contribution in [3.63, 3.8) is 0 Å². The molecule has 0 aliphatic heterocycles. The van der Waals surface area contributed by atoms with Crippen molar-refractivity contribution in [2.75, 3.05) is 7.11 Å². The number of ether oxygens (including phenoxy) is 1. The quantitative estimate of drug-likeness (QED) is 0.701. The van der Waals surface area contributed by atoms with Crippen molar-refractivity contribution in [2.45, 2.75) is 33.2 Å².